The molecule has 1 aliphatic heterocycles. The number of esters is 1. The second-order valence-electron chi connectivity index (χ2n) is 2.25. The molecule has 0 aromatic rings. The normalized spacial score (nSPS) is 21.2. The third-order valence-electron chi connectivity index (χ3n) is 1.48. The molecule has 0 saturated carbocycles. The zero-order chi connectivity index (χ0) is 10.0. The van der Waals surface area contributed by atoms with Crippen molar-refractivity contribution < 1.29 is 24.2 Å². The lowest BCUT2D eigenvalue weighted by Gasteiger charge is -2.05. The number of nitro groups is 1. The molecule has 0 amide bonds. The summed E-state index contributed by atoms with van der Waals surface area (Å²) >= 11 is 0. The van der Waals surface area contributed by atoms with Crippen LogP contribution in [0.4, 0.5) is 0 Å². The quantitative estimate of drug-likeness (QED) is 0.228. The fourth-order valence-corrected chi connectivity index (χ4v) is 0.853. The van der Waals surface area contributed by atoms with E-state index < -0.39 is 22.8 Å². The average molecular weight is 190 g/mol. The first-order valence-corrected chi connectivity index (χ1v) is 3.28. The Morgan fingerprint density at radius 3 is 2.85 bits per heavy atom. The molecule has 13 heavy (non-hydrogen) atoms. The van der Waals surface area contributed by atoms with Gasteiger partial charge in [-0.2, -0.15) is 0 Å². The van der Waals surface area contributed by atoms with Crippen LogP contribution >= 0.6 is 0 Å². The van der Waals surface area contributed by atoms with Crippen molar-refractivity contribution in [1.29, 1.82) is 0 Å². The summed E-state index contributed by atoms with van der Waals surface area (Å²) in [7, 11) is 1.10. The zero-order valence-electron chi connectivity index (χ0n) is 6.63. The van der Waals surface area contributed by atoms with Gasteiger partial charge in [0.1, 0.15) is 16.2 Å². The molecule has 0 bridgehead atoms. The molecular weight excluding hydrogens is 184 g/mol. The van der Waals surface area contributed by atoms with Gasteiger partial charge in [-0.05, 0) is 0 Å². The molecule has 0 spiro atoms. The van der Waals surface area contributed by atoms with E-state index in [0.29, 0.717) is 0 Å². The van der Waals surface area contributed by atoms with Crippen LogP contribution in [0, 0.1) is 15.3 Å². The first-order valence-electron chi connectivity index (χ1n) is 3.28. The molecule has 0 aromatic carbocycles. The van der Waals surface area contributed by atoms with Crippen LogP contribution in [-0.2, 0) is 14.4 Å². The Bertz CT molecular complexity index is 285. The van der Waals surface area contributed by atoms with Crippen molar-refractivity contribution in [1.82, 2.24) is 0 Å². The van der Waals surface area contributed by atoms with Gasteiger partial charge in [-0.3, -0.25) is 20.1 Å². The van der Waals surface area contributed by atoms with E-state index in [-0.39, 0.29) is 11.3 Å². The number of rotatable bonds is 1. The van der Waals surface area contributed by atoms with Gasteiger partial charge >= 0.3 is 11.8 Å². The van der Waals surface area contributed by atoms with Crippen LogP contribution in [-0.4, -0.2) is 34.8 Å². The molecule has 0 fully saturated rings. The van der Waals surface area contributed by atoms with E-state index >= 15 is 0 Å². The van der Waals surface area contributed by atoms with E-state index in [4.69, 9.17) is 0 Å². The number of carbonyl (C=O) groups excluding carboxylic acids is 1. The second kappa shape index (κ2) is 3.25. The third-order valence-corrected chi connectivity index (χ3v) is 1.48. The molecular formula is C5H6N2O6. The first-order chi connectivity index (χ1) is 6.06. The first kappa shape index (κ1) is 9.23. The molecule has 0 saturated heterocycles. The van der Waals surface area contributed by atoms with Crippen molar-refractivity contribution in [3.8, 4) is 0 Å². The largest absolute Gasteiger partial charge is 0.533 e. The van der Waals surface area contributed by atoms with Gasteiger partial charge in [0, 0.05) is 0 Å². The van der Waals surface area contributed by atoms with E-state index in [1.54, 1.807) is 0 Å². The zero-order valence-corrected chi connectivity index (χ0v) is 6.63. The van der Waals surface area contributed by atoms with Gasteiger partial charge in [-0.15, -0.1) is 0 Å². The maximum atomic E-state index is 10.8. The van der Waals surface area contributed by atoms with Crippen LogP contribution in [0.2, 0.25) is 0 Å². The van der Waals surface area contributed by atoms with Gasteiger partial charge in [-0.1, -0.05) is 0 Å². The molecule has 0 aliphatic carbocycles. The van der Waals surface area contributed by atoms with E-state index in [2.05, 4.69) is 9.57 Å². The number of nitrogens with zero attached hydrogens (tertiary/aromatic N) is 2. The summed E-state index contributed by atoms with van der Waals surface area (Å²) < 4.78 is 4.25. The highest BCUT2D eigenvalue weighted by Gasteiger charge is 2.42. The summed E-state index contributed by atoms with van der Waals surface area (Å²) in [5, 5.41) is 20.8. The van der Waals surface area contributed by atoms with Crippen molar-refractivity contribution in [3.63, 3.8) is 0 Å². The smallest absolute Gasteiger partial charge is 0.468 e. The van der Waals surface area contributed by atoms with E-state index in [9.17, 15) is 20.1 Å². The lowest BCUT2D eigenvalue weighted by molar-refractivity contribution is -0.753. The fraction of sp³-hybridized carbons (Fsp3) is 0.600. The highest BCUT2D eigenvalue weighted by atomic mass is 16.9. The lowest BCUT2D eigenvalue weighted by atomic mass is 10.2. The molecule has 0 aromatic heterocycles. The van der Waals surface area contributed by atoms with E-state index in [1.165, 1.54) is 0 Å². The van der Waals surface area contributed by atoms with Crippen molar-refractivity contribution in [2.75, 3.05) is 7.11 Å². The summed E-state index contributed by atoms with van der Waals surface area (Å²) in [5.41, 5.74) is 0. The standard InChI is InChI=1S/C5H6N2O6/c1-12-5(8)3-2-4(6(9)10)7(11)13-3/h3H,2H2,1H3. The third kappa shape index (κ3) is 1.66. The topological polar surface area (TPSA) is 105 Å². The van der Waals surface area contributed by atoms with Crippen LogP contribution in [0.5, 0.6) is 0 Å². The van der Waals surface area contributed by atoms with Crippen LogP contribution in [0.15, 0.2) is 0 Å². The highest BCUT2D eigenvalue weighted by molar-refractivity contribution is 5.82. The van der Waals surface area contributed by atoms with Gasteiger partial charge in [0.25, 0.3) is 0 Å². The molecule has 8 heteroatoms. The van der Waals surface area contributed by atoms with Gasteiger partial charge in [-0.25, -0.2) is 0 Å². The number of methoxy groups -OCH3 is 1. The van der Waals surface area contributed by atoms with Crippen molar-refractivity contribution in [3.05, 3.63) is 15.3 Å². The summed E-state index contributed by atoms with van der Waals surface area (Å²) in [5.74, 6) is -1.51. The summed E-state index contributed by atoms with van der Waals surface area (Å²) in [6, 6.07) is 0. The second-order valence-corrected chi connectivity index (χ2v) is 2.25. The van der Waals surface area contributed by atoms with Gasteiger partial charge in [0.2, 0.25) is 0 Å². The highest BCUT2D eigenvalue weighted by Crippen LogP contribution is 2.11. The van der Waals surface area contributed by atoms with Crippen LogP contribution in [0.3, 0.4) is 0 Å². The summed E-state index contributed by atoms with van der Waals surface area (Å²) in [6.45, 7) is 0. The summed E-state index contributed by atoms with van der Waals surface area (Å²) in [4.78, 5) is 24.1. The number of ether oxygens (including phenoxy) is 1. The van der Waals surface area contributed by atoms with Gasteiger partial charge in [0.15, 0.2) is 6.10 Å². The van der Waals surface area contributed by atoms with Crippen molar-refractivity contribution in [2.45, 2.75) is 12.5 Å². The number of hydrogen-bond acceptors (Lipinski definition) is 6. The Kier molecular flexibility index (Phi) is 2.31. The van der Waals surface area contributed by atoms with Crippen LogP contribution in [0.25, 0.3) is 0 Å². The molecule has 8 nitrogen and oxygen atoms in total. The Labute approximate surface area is 72.0 Å². The lowest BCUT2D eigenvalue weighted by Crippen LogP contribution is -2.23. The monoisotopic (exact) mass is 190 g/mol. The van der Waals surface area contributed by atoms with Gasteiger partial charge in [0.05, 0.1) is 7.11 Å². The van der Waals surface area contributed by atoms with Crippen molar-refractivity contribution in [2.24, 2.45) is 0 Å². The van der Waals surface area contributed by atoms with Gasteiger partial charge < -0.3 is 9.57 Å². The Morgan fingerprint density at radius 1 is 1.85 bits per heavy atom. The minimum absolute atomic E-state index is 0.276. The van der Waals surface area contributed by atoms with Crippen molar-refractivity contribution >= 4 is 11.8 Å². The van der Waals surface area contributed by atoms with Crippen LogP contribution in [0.1, 0.15) is 6.42 Å². The molecule has 1 rings (SSSR count). The molecule has 1 heterocycles. The molecule has 0 radical (unpaired) electrons. The predicted octanol–water partition coefficient (Wildman–Crippen LogP) is -0.951. The number of hydrogen-bond donors (Lipinski definition) is 0. The van der Waals surface area contributed by atoms with Crippen LogP contribution < -0.4 is 0 Å². The molecule has 1 aliphatic rings. The fourth-order valence-electron chi connectivity index (χ4n) is 0.853. The minimum atomic E-state index is -1.21. The molecule has 0 N–H and O–H groups in total. The SMILES string of the molecule is COC(=O)C1CC([N+](=O)[O-])=[N+]([O-])O1. The summed E-state index contributed by atoms with van der Waals surface area (Å²) in [6.07, 6.45) is -1.58. The van der Waals surface area contributed by atoms with E-state index in [1.807, 2.05) is 0 Å². The number of carbonyl (C=O) groups is 1. The molecule has 1 unspecified atom stereocenters. The molecule has 72 valence electrons. The van der Waals surface area contributed by atoms with E-state index in [0.717, 1.165) is 7.11 Å². The molecule has 1 atom stereocenters. The average Bonchev–Trinajstić information content (AvgIpc) is 2.46. The predicted molar refractivity (Wildman–Crippen MR) is 37.1 cm³/mol. The Morgan fingerprint density at radius 2 is 2.46 bits per heavy atom. The number of amidine groups is 1. The maximum Gasteiger partial charge on any atom is 0.533 e. The Hall–Kier alpha value is -1.86. The maximum absolute atomic E-state index is 10.8. The minimum Gasteiger partial charge on any atom is -0.468 e. The Balaban J connectivity index is 2.69.